The maximum atomic E-state index is 12.6. The number of anilines is 1. The number of nitrogens with one attached hydrogen (secondary N) is 1. The number of hydrogen-bond donors (Lipinski definition) is 2. The third-order valence-corrected chi connectivity index (χ3v) is 5.95. The van der Waals surface area contributed by atoms with Gasteiger partial charge < -0.3 is 11.1 Å². The quantitative estimate of drug-likeness (QED) is 0.330. The number of carbonyl (C=O) groups is 1. The fraction of sp³-hybridized carbons (Fsp3) is 0.148. The van der Waals surface area contributed by atoms with Gasteiger partial charge in [-0.1, -0.05) is 47.7 Å². The van der Waals surface area contributed by atoms with Crippen LogP contribution in [-0.4, -0.2) is 37.2 Å². The van der Waals surface area contributed by atoms with Gasteiger partial charge in [-0.15, -0.1) is 5.10 Å². The van der Waals surface area contributed by atoms with Gasteiger partial charge in [0.25, 0.3) is 5.91 Å². The largest absolute Gasteiger partial charge is 0.382 e. The Balaban J connectivity index is 1.16. The fourth-order valence-electron chi connectivity index (χ4n) is 4.07. The zero-order chi connectivity index (χ0) is 24.9. The van der Waals surface area contributed by atoms with Crippen molar-refractivity contribution in [3.8, 4) is 11.8 Å². The zero-order valence-electron chi connectivity index (χ0n) is 19.5. The number of hydrogen-bond acceptors (Lipinski definition) is 6. The van der Waals surface area contributed by atoms with E-state index in [0.717, 1.165) is 22.3 Å². The van der Waals surface area contributed by atoms with Crippen LogP contribution in [0.1, 0.15) is 33.6 Å². The lowest BCUT2D eigenvalue weighted by Gasteiger charge is -2.07. The molecule has 178 valence electrons. The maximum Gasteiger partial charge on any atom is 0.251 e. The van der Waals surface area contributed by atoms with Crippen LogP contribution < -0.4 is 11.1 Å². The molecule has 5 aromatic rings. The van der Waals surface area contributed by atoms with Crippen molar-refractivity contribution in [3.63, 3.8) is 0 Å². The number of aromatic nitrogens is 5. The van der Waals surface area contributed by atoms with Crippen molar-refractivity contribution in [2.45, 2.75) is 19.4 Å². The van der Waals surface area contributed by atoms with E-state index in [4.69, 9.17) is 5.73 Å². The molecule has 36 heavy (non-hydrogen) atoms. The number of para-hydroxylation sites is 2. The predicted molar refractivity (Wildman–Crippen MR) is 136 cm³/mol. The van der Waals surface area contributed by atoms with Crippen molar-refractivity contribution in [2.75, 3.05) is 12.3 Å². The van der Waals surface area contributed by atoms with E-state index in [0.29, 0.717) is 48.6 Å². The average Bonchev–Trinajstić information content (AvgIpc) is 3.47. The molecule has 0 atom stereocenters. The lowest BCUT2D eigenvalue weighted by atomic mass is 10.1. The highest BCUT2D eigenvalue weighted by Crippen LogP contribution is 2.21. The number of nitrogens with zero attached hydrogens (tertiary/aromatic N) is 6. The van der Waals surface area contributed by atoms with Crippen LogP contribution >= 0.6 is 0 Å². The Labute approximate surface area is 207 Å². The molecule has 0 fully saturated rings. The van der Waals surface area contributed by atoms with Gasteiger partial charge in [0.1, 0.15) is 23.0 Å². The van der Waals surface area contributed by atoms with E-state index in [1.807, 2.05) is 71.4 Å². The molecule has 2 heterocycles. The molecule has 0 saturated carbocycles. The van der Waals surface area contributed by atoms with Crippen molar-refractivity contribution in [3.05, 3.63) is 101 Å². The van der Waals surface area contributed by atoms with E-state index in [1.165, 1.54) is 0 Å². The van der Waals surface area contributed by atoms with Crippen LogP contribution in [0.25, 0.3) is 16.7 Å². The molecule has 0 bridgehead atoms. The first-order chi connectivity index (χ1) is 17.6. The third kappa shape index (κ3) is 4.65. The highest BCUT2D eigenvalue weighted by atomic mass is 16.1. The molecule has 0 aliphatic carbocycles. The molecule has 5 rings (SSSR count). The lowest BCUT2D eigenvalue weighted by molar-refractivity contribution is 0.0953. The third-order valence-electron chi connectivity index (χ3n) is 5.95. The Hall–Kier alpha value is -4.97. The SMILES string of the molecule is N#Cc1c(CCCNC(=O)c2ccc(Cn3nnc4ccccc43)cc2)nn(-c2ccccc2)c1N. The number of carbonyl (C=O) groups excluding carboxylic acids is 1. The molecular weight excluding hydrogens is 452 g/mol. The number of nitrogen functional groups attached to an aromatic ring is 1. The molecule has 9 heteroatoms. The summed E-state index contributed by atoms with van der Waals surface area (Å²) in [7, 11) is 0. The van der Waals surface area contributed by atoms with Crippen molar-refractivity contribution < 1.29 is 4.79 Å². The van der Waals surface area contributed by atoms with E-state index in [-0.39, 0.29) is 5.91 Å². The fourth-order valence-corrected chi connectivity index (χ4v) is 4.07. The van der Waals surface area contributed by atoms with Crippen LogP contribution in [0.3, 0.4) is 0 Å². The minimum atomic E-state index is -0.150. The number of amides is 1. The molecule has 0 unspecified atom stereocenters. The van der Waals surface area contributed by atoms with E-state index < -0.39 is 0 Å². The van der Waals surface area contributed by atoms with E-state index >= 15 is 0 Å². The standard InChI is InChI=1S/C27H24N8O/c28-17-22-23(32-35(26(22)29)21-7-2-1-3-8-21)10-6-16-30-27(36)20-14-12-19(13-15-20)18-34-25-11-5-4-9-24(25)31-33-34/h1-5,7-9,11-15H,6,10,16,18,29H2,(H,30,36). The van der Waals surface area contributed by atoms with Gasteiger partial charge in [-0.3, -0.25) is 4.79 Å². The number of nitriles is 1. The smallest absolute Gasteiger partial charge is 0.251 e. The highest BCUT2D eigenvalue weighted by Gasteiger charge is 2.16. The minimum Gasteiger partial charge on any atom is -0.382 e. The summed E-state index contributed by atoms with van der Waals surface area (Å²) >= 11 is 0. The Kier molecular flexibility index (Phi) is 6.40. The van der Waals surface area contributed by atoms with Crippen molar-refractivity contribution in [2.24, 2.45) is 0 Å². The second-order valence-corrected chi connectivity index (χ2v) is 8.36. The minimum absolute atomic E-state index is 0.150. The zero-order valence-corrected chi connectivity index (χ0v) is 19.5. The summed E-state index contributed by atoms with van der Waals surface area (Å²) < 4.78 is 3.42. The summed E-state index contributed by atoms with van der Waals surface area (Å²) in [4.78, 5) is 12.6. The summed E-state index contributed by atoms with van der Waals surface area (Å²) in [5.74, 6) is 0.171. The predicted octanol–water partition coefficient (Wildman–Crippen LogP) is 3.48. The van der Waals surface area contributed by atoms with Gasteiger partial charge in [-0.25, -0.2) is 9.36 Å². The van der Waals surface area contributed by atoms with Crippen molar-refractivity contribution in [1.29, 1.82) is 5.26 Å². The van der Waals surface area contributed by atoms with Gasteiger partial charge in [0.15, 0.2) is 0 Å². The van der Waals surface area contributed by atoms with Crippen LogP contribution in [0.4, 0.5) is 5.82 Å². The Morgan fingerprint density at radius 1 is 1.00 bits per heavy atom. The molecule has 0 aliphatic heterocycles. The second-order valence-electron chi connectivity index (χ2n) is 8.36. The van der Waals surface area contributed by atoms with Crippen LogP contribution in [0.5, 0.6) is 0 Å². The monoisotopic (exact) mass is 476 g/mol. The second kappa shape index (κ2) is 10.1. The number of rotatable bonds is 8. The first-order valence-electron chi connectivity index (χ1n) is 11.6. The van der Waals surface area contributed by atoms with Gasteiger partial charge in [-0.2, -0.15) is 10.4 Å². The molecular formula is C27H24N8O. The normalized spacial score (nSPS) is 10.9. The molecule has 9 nitrogen and oxygen atoms in total. The number of nitrogens with two attached hydrogens (primary N) is 1. The lowest BCUT2D eigenvalue weighted by Crippen LogP contribution is -2.24. The molecule has 0 radical (unpaired) electrons. The Morgan fingerprint density at radius 3 is 2.53 bits per heavy atom. The Morgan fingerprint density at radius 2 is 1.75 bits per heavy atom. The molecule has 3 aromatic carbocycles. The van der Waals surface area contributed by atoms with Crippen molar-refractivity contribution >= 4 is 22.8 Å². The van der Waals surface area contributed by atoms with Gasteiger partial charge in [0, 0.05) is 12.1 Å². The maximum absolute atomic E-state index is 12.6. The molecule has 2 aromatic heterocycles. The molecule has 1 amide bonds. The van der Waals surface area contributed by atoms with Crippen molar-refractivity contribution in [1.82, 2.24) is 30.1 Å². The summed E-state index contributed by atoms with van der Waals surface area (Å²) in [6.45, 7) is 1.02. The van der Waals surface area contributed by atoms with E-state index in [1.54, 1.807) is 16.8 Å². The molecule has 3 N–H and O–H groups in total. The number of benzene rings is 3. The van der Waals surface area contributed by atoms with Gasteiger partial charge in [0.2, 0.25) is 0 Å². The van der Waals surface area contributed by atoms with Crippen LogP contribution in [-0.2, 0) is 13.0 Å². The molecule has 0 aliphatic rings. The summed E-state index contributed by atoms with van der Waals surface area (Å²) in [6.07, 6.45) is 1.15. The van der Waals surface area contributed by atoms with Gasteiger partial charge >= 0.3 is 0 Å². The first-order valence-corrected chi connectivity index (χ1v) is 11.6. The Bertz CT molecular complexity index is 1540. The summed E-state index contributed by atoms with van der Waals surface area (Å²) in [6, 6.07) is 26.9. The van der Waals surface area contributed by atoms with Crippen LogP contribution in [0, 0.1) is 11.3 Å². The van der Waals surface area contributed by atoms with Crippen LogP contribution in [0.15, 0.2) is 78.9 Å². The molecule has 0 saturated heterocycles. The topological polar surface area (TPSA) is 127 Å². The van der Waals surface area contributed by atoms with E-state index in [9.17, 15) is 10.1 Å². The van der Waals surface area contributed by atoms with Crippen LogP contribution in [0.2, 0.25) is 0 Å². The van der Waals surface area contributed by atoms with Gasteiger partial charge in [0.05, 0.1) is 23.4 Å². The number of aryl methyl sites for hydroxylation is 1. The number of fused-ring (bicyclic) bond motifs is 1. The summed E-state index contributed by atoms with van der Waals surface area (Å²) in [5, 5.41) is 25.4. The van der Waals surface area contributed by atoms with E-state index in [2.05, 4.69) is 26.8 Å². The average molecular weight is 477 g/mol. The highest BCUT2D eigenvalue weighted by molar-refractivity contribution is 5.94. The van der Waals surface area contributed by atoms with Gasteiger partial charge in [-0.05, 0) is 54.8 Å². The molecule has 0 spiro atoms. The first kappa shape index (κ1) is 22.8. The summed E-state index contributed by atoms with van der Waals surface area (Å²) in [5.41, 5.74) is 11.4.